The minimum Gasteiger partial charge on any atom is -0.326 e. The summed E-state index contributed by atoms with van der Waals surface area (Å²) in [6, 6.07) is 7.29. The number of anilines is 2. The fraction of sp³-hybridized carbons (Fsp3) is 0.529. The summed E-state index contributed by atoms with van der Waals surface area (Å²) in [4.78, 5) is 23.2. The number of hydrogen-bond acceptors (Lipinski definition) is 2. The fourth-order valence-corrected chi connectivity index (χ4v) is 3.95. The van der Waals surface area contributed by atoms with Gasteiger partial charge < -0.3 is 10.6 Å². The molecule has 2 fully saturated rings. The quantitative estimate of drug-likeness (QED) is 0.891. The van der Waals surface area contributed by atoms with E-state index < -0.39 is 0 Å². The molecule has 0 aliphatic heterocycles. The second-order valence-electron chi connectivity index (χ2n) is 6.45. The molecule has 4 heteroatoms. The van der Waals surface area contributed by atoms with Crippen molar-refractivity contribution in [2.24, 2.45) is 17.8 Å². The third-order valence-electron chi connectivity index (χ3n) is 4.80. The first-order chi connectivity index (χ1) is 10.1. The van der Waals surface area contributed by atoms with Crippen LogP contribution in [0.2, 0.25) is 0 Å². The van der Waals surface area contributed by atoms with E-state index in [0.29, 0.717) is 18.0 Å². The Hall–Kier alpha value is -1.84. The Morgan fingerprint density at radius 3 is 2.52 bits per heavy atom. The number of amides is 2. The number of hydrogen-bond donors (Lipinski definition) is 2. The average Bonchev–Trinajstić information content (AvgIpc) is 3.00. The standard InChI is InChI=1S/C17H22N2O2/c1-11(20)18-15-3-2-4-16(10-15)19-17(21)9-14-8-12-5-6-13(14)7-12/h2-4,10,12-14H,5-9H2,1H3,(H,18,20)(H,19,21)/t12-,13+,14-/m0/s1. The second-order valence-corrected chi connectivity index (χ2v) is 6.45. The van der Waals surface area contributed by atoms with Crippen molar-refractivity contribution in [3.8, 4) is 0 Å². The SMILES string of the molecule is CC(=O)Nc1cccc(NC(=O)C[C@@H]2C[C@H]3CC[C@@H]2C3)c1. The molecule has 0 radical (unpaired) electrons. The highest BCUT2D eigenvalue weighted by atomic mass is 16.2. The van der Waals surface area contributed by atoms with Crippen LogP contribution in [-0.2, 0) is 9.59 Å². The third kappa shape index (κ3) is 3.43. The largest absolute Gasteiger partial charge is 0.326 e. The van der Waals surface area contributed by atoms with Crippen molar-refractivity contribution < 1.29 is 9.59 Å². The van der Waals surface area contributed by atoms with E-state index in [2.05, 4.69) is 10.6 Å². The summed E-state index contributed by atoms with van der Waals surface area (Å²) in [5.74, 6) is 2.19. The van der Waals surface area contributed by atoms with Gasteiger partial charge in [-0.2, -0.15) is 0 Å². The molecule has 21 heavy (non-hydrogen) atoms. The van der Waals surface area contributed by atoms with Crippen LogP contribution in [0.4, 0.5) is 11.4 Å². The summed E-state index contributed by atoms with van der Waals surface area (Å²) >= 11 is 0. The van der Waals surface area contributed by atoms with Crippen molar-refractivity contribution in [2.75, 3.05) is 10.6 Å². The minimum absolute atomic E-state index is 0.0903. The second kappa shape index (κ2) is 5.88. The number of nitrogens with one attached hydrogen (secondary N) is 2. The maximum absolute atomic E-state index is 12.2. The molecule has 1 aromatic rings. The molecule has 2 amide bonds. The first-order valence-corrected chi connectivity index (χ1v) is 7.77. The Morgan fingerprint density at radius 1 is 1.14 bits per heavy atom. The molecule has 3 atom stereocenters. The van der Waals surface area contributed by atoms with E-state index in [1.54, 1.807) is 6.07 Å². The van der Waals surface area contributed by atoms with Gasteiger partial charge in [0.15, 0.2) is 0 Å². The summed E-state index contributed by atoms with van der Waals surface area (Å²) in [6.07, 6.45) is 5.85. The van der Waals surface area contributed by atoms with E-state index in [0.717, 1.165) is 17.5 Å². The monoisotopic (exact) mass is 286 g/mol. The van der Waals surface area contributed by atoms with Crippen molar-refractivity contribution >= 4 is 23.2 Å². The van der Waals surface area contributed by atoms with Gasteiger partial charge in [-0.15, -0.1) is 0 Å². The molecule has 2 aliphatic carbocycles. The minimum atomic E-state index is -0.111. The van der Waals surface area contributed by atoms with Crippen LogP contribution >= 0.6 is 0 Å². The van der Waals surface area contributed by atoms with Crippen LogP contribution in [0.1, 0.15) is 39.0 Å². The molecule has 2 aliphatic rings. The van der Waals surface area contributed by atoms with E-state index in [1.807, 2.05) is 18.2 Å². The molecule has 0 aromatic heterocycles. The van der Waals surface area contributed by atoms with E-state index >= 15 is 0 Å². The van der Waals surface area contributed by atoms with Gasteiger partial charge in [-0.05, 0) is 55.2 Å². The Balaban J connectivity index is 1.56. The molecule has 112 valence electrons. The lowest BCUT2D eigenvalue weighted by Gasteiger charge is -2.21. The first-order valence-electron chi connectivity index (χ1n) is 7.77. The topological polar surface area (TPSA) is 58.2 Å². The van der Waals surface area contributed by atoms with Crippen molar-refractivity contribution in [3.63, 3.8) is 0 Å². The Kier molecular flexibility index (Phi) is 3.95. The molecular weight excluding hydrogens is 264 g/mol. The van der Waals surface area contributed by atoms with Crippen LogP contribution in [0.5, 0.6) is 0 Å². The number of benzene rings is 1. The van der Waals surface area contributed by atoms with Crippen LogP contribution in [0.3, 0.4) is 0 Å². The van der Waals surface area contributed by atoms with Gasteiger partial charge in [0.2, 0.25) is 11.8 Å². The molecule has 3 rings (SSSR count). The highest BCUT2D eigenvalue weighted by molar-refractivity contribution is 5.93. The highest BCUT2D eigenvalue weighted by Gasteiger charge is 2.40. The van der Waals surface area contributed by atoms with E-state index in [1.165, 1.54) is 32.6 Å². The van der Waals surface area contributed by atoms with Gasteiger partial charge in [-0.1, -0.05) is 12.5 Å². The highest BCUT2D eigenvalue weighted by Crippen LogP contribution is 2.49. The van der Waals surface area contributed by atoms with E-state index in [-0.39, 0.29) is 11.8 Å². The van der Waals surface area contributed by atoms with Crippen molar-refractivity contribution in [1.82, 2.24) is 0 Å². The summed E-state index contributed by atoms with van der Waals surface area (Å²) < 4.78 is 0. The Bertz CT molecular complexity index is 555. The molecular formula is C17H22N2O2. The van der Waals surface area contributed by atoms with Gasteiger partial charge in [0.05, 0.1) is 0 Å². The van der Waals surface area contributed by atoms with Crippen molar-refractivity contribution in [3.05, 3.63) is 24.3 Å². The zero-order chi connectivity index (χ0) is 14.8. The number of carbonyl (C=O) groups is 2. The van der Waals surface area contributed by atoms with Crippen LogP contribution in [0.15, 0.2) is 24.3 Å². The molecule has 0 heterocycles. The number of fused-ring (bicyclic) bond motifs is 2. The maximum atomic E-state index is 12.2. The molecule has 0 unspecified atom stereocenters. The van der Waals surface area contributed by atoms with Gasteiger partial charge in [0, 0.05) is 24.7 Å². The molecule has 2 bridgehead atoms. The molecule has 0 saturated heterocycles. The van der Waals surface area contributed by atoms with Crippen molar-refractivity contribution in [1.29, 1.82) is 0 Å². The summed E-state index contributed by atoms with van der Waals surface area (Å²) in [5.41, 5.74) is 1.45. The predicted molar refractivity (Wildman–Crippen MR) is 82.9 cm³/mol. The van der Waals surface area contributed by atoms with Crippen molar-refractivity contribution in [2.45, 2.75) is 39.0 Å². The van der Waals surface area contributed by atoms with Crippen LogP contribution in [0.25, 0.3) is 0 Å². The zero-order valence-electron chi connectivity index (χ0n) is 12.4. The van der Waals surface area contributed by atoms with Gasteiger partial charge in [-0.3, -0.25) is 9.59 Å². The first kappa shape index (κ1) is 14.1. The number of carbonyl (C=O) groups excluding carboxylic acids is 2. The lowest BCUT2D eigenvalue weighted by atomic mass is 9.86. The van der Waals surface area contributed by atoms with E-state index in [9.17, 15) is 9.59 Å². The van der Waals surface area contributed by atoms with Crippen LogP contribution < -0.4 is 10.6 Å². The number of rotatable bonds is 4. The normalized spacial score (nSPS) is 26.6. The molecule has 2 N–H and O–H groups in total. The van der Waals surface area contributed by atoms with Crippen LogP contribution in [-0.4, -0.2) is 11.8 Å². The lowest BCUT2D eigenvalue weighted by Crippen LogP contribution is -2.20. The van der Waals surface area contributed by atoms with E-state index in [4.69, 9.17) is 0 Å². The molecule has 4 nitrogen and oxygen atoms in total. The zero-order valence-corrected chi connectivity index (χ0v) is 12.4. The van der Waals surface area contributed by atoms with Gasteiger partial charge >= 0.3 is 0 Å². The summed E-state index contributed by atoms with van der Waals surface area (Å²) in [6.45, 7) is 1.47. The molecule has 1 aromatic carbocycles. The molecule has 2 saturated carbocycles. The van der Waals surface area contributed by atoms with Crippen LogP contribution in [0, 0.1) is 17.8 Å². The fourth-order valence-electron chi connectivity index (χ4n) is 3.95. The third-order valence-corrected chi connectivity index (χ3v) is 4.80. The smallest absolute Gasteiger partial charge is 0.224 e. The summed E-state index contributed by atoms with van der Waals surface area (Å²) in [7, 11) is 0. The average molecular weight is 286 g/mol. The van der Waals surface area contributed by atoms with Gasteiger partial charge in [-0.25, -0.2) is 0 Å². The van der Waals surface area contributed by atoms with Gasteiger partial charge in [0.25, 0.3) is 0 Å². The Morgan fingerprint density at radius 2 is 1.90 bits per heavy atom. The van der Waals surface area contributed by atoms with Gasteiger partial charge in [0.1, 0.15) is 0 Å². The predicted octanol–water partition coefficient (Wildman–Crippen LogP) is 3.41. The maximum Gasteiger partial charge on any atom is 0.224 e. The Labute approximate surface area is 125 Å². The molecule has 0 spiro atoms. The lowest BCUT2D eigenvalue weighted by molar-refractivity contribution is -0.117. The summed E-state index contributed by atoms with van der Waals surface area (Å²) in [5, 5.41) is 5.67.